The number of halogens is 1. The zero-order valence-electron chi connectivity index (χ0n) is 17.0. The van der Waals surface area contributed by atoms with Crippen LogP contribution in [0.25, 0.3) is 6.08 Å². The van der Waals surface area contributed by atoms with Gasteiger partial charge >= 0.3 is 0 Å². The first-order chi connectivity index (χ1) is 15.5. The number of allylic oxidation sites excluding steroid dienone is 1. The first-order valence-electron chi connectivity index (χ1n) is 9.88. The Balaban J connectivity index is 1.34. The zero-order chi connectivity index (χ0) is 22.2. The van der Waals surface area contributed by atoms with Gasteiger partial charge in [-0.3, -0.25) is 9.59 Å². The van der Waals surface area contributed by atoms with Gasteiger partial charge in [-0.25, -0.2) is 0 Å². The van der Waals surface area contributed by atoms with E-state index in [-0.39, 0.29) is 30.7 Å². The molecule has 0 bridgehead atoms. The van der Waals surface area contributed by atoms with Gasteiger partial charge in [-0.15, -0.1) is 0 Å². The fourth-order valence-electron chi connectivity index (χ4n) is 3.58. The molecule has 5 rings (SSSR count). The molecule has 0 N–H and O–H groups in total. The van der Waals surface area contributed by atoms with Gasteiger partial charge in [0.15, 0.2) is 29.6 Å². The largest absolute Gasteiger partial charge is 0.485 e. The summed E-state index contributed by atoms with van der Waals surface area (Å²) in [6.07, 6.45) is 1.67. The van der Waals surface area contributed by atoms with Gasteiger partial charge in [-0.05, 0) is 54.5 Å². The summed E-state index contributed by atoms with van der Waals surface area (Å²) >= 11 is 3.35. The molecule has 0 radical (unpaired) electrons. The van der Waals surface area contributed by atoms with Gasteiger partial charge in [0.25, 0.3) is 0 Å². The van der Waals surface area contributed by atoms with Gasteiger partial charge in [0.2, 0.25) is 12.6 Å². The number of hydrogen-bond donors (Lipinski definition) is 0. The monoisotopic (exact) mass is 492 g/mol. The van der Waals surface area contributed by atoms with E-state index in [9.17, 15) is 9.59 Å². The second kappa shape index (κ2) is 8.16. The van der Waals surface area contributed by atoms with Crippen LogP contribution in [0.5, 0.6) is 23.0 Å². The van der Waals surface area contributed by atoms with E-state index in [2.05, 4.69) is 15.9 Å². The molecule has 160 valence electrons. The average molecular weight is 493 g/mol. The standard InChI is InChI=1S/C25H17BrO6/c1-14-8-18(29-12-19(27)16-3-5-17(26)6-4-16)11-22-24(14)25(28)23(32-22)10-15-2-7-20-21(9-15)31-13-30-20/h2-11H,12-13H2,1H3/b23-10-. The molecule has 0 saturated carbocycles. The summed E-state index contributed by atoms with van der Waals surface area (Å²) in [5.41, 5.74) is 2.53. The van der Waals surface area contributed by atoms with Crippen LogP contribution in [0.15, 0.2) is 64.8 Å². The van der Waals surface area contributed by atoms with E-state index < -0.39 is 0 Å². The molecule has 0 atom stereocenters. The van der Waals surface area contributed by atoms with Crippen LogP contribution in [-0.4, -0.2) is 25.0 Å². The number of benzene rings is 3. The van der Waals surface area contributed by atoms with Crippen LogP contribution in [0.2, 0.25) is 0 Å². The fraction of sp³-hybridized carbons (Fsp3) is 0.120. The van der Waals surface area contributed by atoms with E-state index in [1.54, 1.807) is 54.6 Å². The summed E-state index contributed by atoms with van der Waals surface area (Å²) in [4.78, 5) is 25.3. The maximum absolute atomic E-state index is 12.9. The molecular weight excluding hydrogens is 476 g/mol. The minimum Gasteiger partial charge on any atom is -0.485 e. The molecule has 0 aromatic heterocycles. The Morgan fingerprint density at radius 1 is 1.03 bits per heavy atom. The number of hydrogen-bond acceptors (Lipinski definition) is 6. The topological polar surface area (TPSA) is 71.1 Å². The minimum absolute atomic E-state index is 0.117. The Hall–Kier alpha value is -3.58. The molecule has 7 heteroatoms. The van der Waals surface area contributed by atoms with Crippen molar-refractivity contribution in [2.24, 2.45) is 0 Å². The molecule has 32 heavy (non-hydrogen) atoms. The normalized spacial score (nSPS) is 14.9. The van der Waals surface area contributed by atoms with Crippen LogP contribution in [0, 0.1) is 6.92 Å². The predicted octanol–water partition coefficient (Wildman–Crippen LogP) is 5.36. The number of Topliss-reactive ketones (excluding diaryl/α,β-unsaturated/α-hetero) is 2. The van der Waals surface area contributed by atoms with Crippen molar-refractivity contribution in [1.29, 1.82) is 0 Å². The maximum atomic E-state index is 12.9. The summed E-state index contributed by atoms with van der Waals surface area (Å²) in [6, 6.07) is 15.9. The van der Waals surface area contributed by atoms with E-state index in [0.717, 1.165) is 10.0 Å². The lowest BCUT2D eigenvalue weighted by Gasteiger charge is -2.09. The number of fused-ring (bicyclic) bond motifs is 2. The van der Waals surface area contributed by atoms with E-state index in [1.807, 2.05) is 13.0 Å². The number of aryl methyl sites for hydroxylation is 1. The van der Waals surface area contributed by atoms with Crippen LogP contribution in [0.4, 0.5) is 0 Å². The van der Waals surface area contributed by atoms with E-state index in [4.69, 9.17) is 18.9 Å². The van der Waals surface area contributed by atoms with Gasteiger partial charge in [-0.2, -0.15) is 0 Å². The summed E-state index contributed by atoms with van der Waals surface area (Å²) in [5, 5.41) is 0. The predicted molar refractivity (Wildman–Crippen MR) is 121 cm³/mol. The Kier molecular flexibility index (Phi) is 5.19. The first-order valence-corrected chi connectivity index (χ1v) is 10.7. The third kappa shape index (κ3) is 3.87. The Labute approximate surface area is 192 Å². The molecule has 2 heterocycles. The minimum atomic E-state index is -0.201. The molecular formula is C25H17BrO6. The van der Waals surface area contributed by atoms with Crippen molar-refractivity contribution in [2.75, 3.05) is 13.4 Å². The van der Waals surface area contributed by atoms with Crippen molar-refractivity contribution in [1.82, 2.24) is 0 Å². The van der Waals surface area contributed by atoms with Crippen molar-refractivity contribution >= 4 is 33.6 Å². The van der Waals surface area contributed by atoms with Crippen molar-refractivity contribution in [3.8, 4) is 23.0 Å². The molecule has 0 fully saturated rings. The maximum Gasteiger partial charge on any atom is 0.232 e. The summed E-state index contributed by atoms with van der Waals surface area (Å²) in [5.74, 6) is 2.04. The lowest BCUT2D eigenvalue weighted by atomic mass is 10.0. The number of rotatable bonds is 5. The molecule has 0 unspecified atom stereocenters. The lowest BCUT2D eigenvalue weighted by molar-refractivity contribution is 0.0920. The van der Waals surface area contributed by atoms with Gasteiger partial charge in [-0.1, -0.05) is 34.1 Å². The Morgan fingerprint density at radius 2 is 1.81 bits per heavy atom. The van der Waals surface area contributed by atoms with Crippen molar-refractivity contribution in [3.63, 3.8) is 0 Å². The molecule has 2 aliphatic heterocycles. The fourth-order valence-corrected chi connectivity index (χ4v) is 3.85. The van der Waals surface area contributed by atoms with Crippen molar-refractivity contribution in [3.05, 3.63) is 87.1 Å². The van der Waals surface area contributed by atoms with Gasteiger partial charge < -0.3 is 18.9 Å². The summed E-state index contributed by atoms with van der Waals surface area (Å²) < 4.78 is 23.1. The molecule has 2 aliphatic rings. The smallest absolute Gasteiger partial charge is 0.232 e. The number of carbonyl (C=O) groups excluding carboxylic acids is 2. The third-order valence-electron chi connectivity index (χ3n) is 5.17. The molecule has 3 aromatic carbocycles. The van der Waals surface area contributed by atoms with Gasteiger partial charge in [0.05, 0.1) is 5.56 Å². The molecule has 0 spiro atoms. The number of ketones is 2. The van der Waals surface area contributed by atoms with Crippen molar-refractivity contribution < 1.29 is 28.5 Å². The number of carbonyl (C=O) groups is 2. The van der Waals surface area contributed by atoms with E-state index in [0.29, 0.717) is 39.7 Å². The third-order valence-corrected chi connectivity index (χ3v) is 5.70. The lowest BCUT2D eigenvalue weighted by Crippen LogP contribution is -2.11. The van der Waals surface area contributed by atoms with E-state index >= 15 is 0 Å². The van der Waals surface area contributed by atoms with Crippen LogP contribution < -0.4 is 18.9 Å². The van der Waals surface area contributed by atoms with E-state index in [1.165, 1.54) is 0 Å². The second-order valence-corrected chi connectivity index (χ2v) is 8.30. The second-order valence-electron chi connectivity index (χ2n) is 7.38. The number of ether oxygens (including phenoxy) is 4. The van der Waals surface area contributed by atoms with Gasteiger partial charge in [0, 0.05) is 16.1 Å². The van der Waals surface area contributed by atoms with Crippen LogP contribution in [0.1, 0.15) is 31.8 Å². The highest BCUT2D eigenvalue weighted by Gasteiger charge is 2.30. The van der Waals surface area contributed by atoms with Gasteiger partial charge in [0.1, 0.15) is 11.5 Å². The SMILES string of the molecule is Cc1cc(OCC(=O)c2ccc(Br)cc2)cc2c1C(=O)/C(=C/c1ccc3c(c1)OCO3)O2. The Bertz CT molecular complexity index is 1280. The van der Waals surface area contributed by atoms with Crippen molar-refractivity contribution in [2.45, 2.75) is 6.92 Å². The zero-order valence-corrected chi connectivity index (χ0v) is 18.6. The molecule has 0 aliphatic carbocycles. The highest BCUT2D eigenvalue weighted by molar-refractivity contribution is 9.10. The average Bonchev–Trinajstić information content (AvgIpc) is 3.37. The highest BCUT2D eigenvalue weighted by atomic mass is 79.9. The van der Waals surface area contributed by atoms with Crippen LogP contribution in [-0.2, 0) is 0 Å². The molecule has 3 aromatic rings. The molecule has 0 amide bonds. The first kappa shape index (κ1) is 20.3. The van der Waals surface area contributed by atoms with Crippen LogP contribution in [0.3, 0.4) is 0 Å². The van der Waals surface area contributed by atoms with Crippen LogP contribution >= 0.6 is 15.9 Å². The quantitative estimate of drug-likeness (QED) is 0.352. The summed E-state index contributed by atoms with van der Waals surface area (Å²) in [7, 11) is 0. The molecule has 6 nitrogen and oxygen atoms in total. The highest BCUT2D eigenvalue weighted by Crippen LogP contribution is 2.38. The Morgan fingerprint density at radius 3 is 2.62 bits per heavy atom. The summed E-state index contributed by atoms with van der Waals surface area (Å²) in [6.45, 7) is 1.88. The molecule has 0 saturated heterocycles.